The fraction of sp³-hybridized carbons (Fsp3) is 0.600. The van der Waals surface area contributed by atoms with E-state index in [2.05, 4.69) is 0 Å². The van der Waals surface area contributed by atoms with Gasteiger partial charge in [0.1, 0.15) is 11.9 Å². The van der Waals surface area contributed by atoms with E-state index in [4.69, 9.17) is 14.2 Å². The molecule has 1 N–H and O–H groups in total. The van der Waals surface area contributed by atoms with Gasteiger partial charge in [0.05, 0.1) is 19.3 Å². The zero-order chi connectivity index (χ0) is 13.5. The molecule has 0 unspecified atom stereocenters. The maximum Gasteiger partial charge on any atom is 0.125 e. The molecular weight excluding hydrogens is 244 g/mol. The SMILES string of the molecule is CCOc1ccccc1[C@H](CO)OC1CCOCC1. The summed E-state index contributed by atoms with van der Waals surface area (Å²) in [5.41, 5.74) is 0.915. The van der Waals surface area contributed by atoms with Gasteiger partial charge in [-0.2, -0.15) is 0 Å². The van der Waals surface area contributed by atoms with Crippen LogP contribution in [0.2, 0.25) is 0 Å². The van der Waals surface area contributed by atoms with Gasteiger partial charge in [-0.3, -0.25) is 0 Å². The van der Waals surface area contributed by atoms with Crippen LogP contribution >= 0.6 is 0 Å². The number of ether oxygens (including phenoxy) is 3. The van der Waals surface area contributed by atoms with E-state index >= 15 is 0 Å². The second kappa shape index (κ2) is 7.48. The van der Waals surface area contributed by atoms with E-state index in [1.54, 1.807) is 0 Å². The van der Waals surface area contributed by atoms with Gasteiger partial charge in [0, 0.05) is 18.8 Å². The molecule has 1 heterocycles. The molecule has 0 aromatic heterocycles. The highest BCUT2D eigenvalue weighted by Gasteiger charge is 2.22. The fourth-order valence-electron chi connectivity index (χ4n) is 2.29. The first-order valence-electron chi connectivity index (χ1n) is 6.91. The predicted molar refractivity (Wildman–Crippen MR) is 72.4 cm³/mol. The Labute approximate surface area is 114 Å². The number of benzene rings is 1. The molecule has 0 aliphatic carbocycles. The molecule has 0 amide bonds. The molecule has 1 aliphatic rings. The lowest BCUT2D eigenvalue weighted by atomic mass is 10.1. The average Bonchev–Trinajstić information content (AvgIpc) is 2.47. The lowest BCUT2D eigenvalue weighted by molar-refractivity contribution is -0.0854. The van der Waals surface area contributed by atoms with Crippen molar-refractivity contribution in [3.05, 3.63) is 29.8 Å². The summed E-state index contributed by atoms with van der Waals surface area (Å²) in [4.78, 5) is 0. The number of aliphatic hydroxyl groups excluding tert-OH is 1. The molecule has 1 saturated heterocycles. The van der Waals surface area contributed by atoms with E-state index in [1.807, 2.05) is 31.2 Å². The smallest absolute Gasteiger partial charge is 0.125 e. The highest BCUT2D eigenvalue weighted by molar-refractivity contribution is 5.35. The Balaban J connectivity index is 2.07. The molecule has 0 spiro atoms. The van der Waals surface area contributed by atoms with Crippen molar-refractivity contribution in [1.29, 1.82) is 0 Å². The second-order valence-corrected chi connectivity index (χ2v) is 4.59. The molecule has 19 heavy (non-hydrogen) atoms. The van der Waals surface area contributed by atoms with E-state index in [9.17, 15) is 5.11 Å². The molecule has 4 heteroatoms. The van der Waals surface area contributed by atoms with Crippen molar-refractivity contribution in [3.63, 3.8) is 0 Å². The molecule has 0 bridgehead atoms. The molecule has 0 saturated carbocycles. The summed E-state index contributed by atoms with van der Waals surface area (Å²) in [6, 6.07) is 7.73. The van der Waals surface area contributed by atoms with Crippen molar-refractivity contribution in [2.75, 3.05) is 26.4 Å². The molecule has 1 aromatic carbocycles. The molecule has 0 radical (unpaired) electrons. The minimum absolute atomic E-state index is 0.0402. The number of hydrogen-bond donors (Lipinski definition) is 1. The topological polar surface area (TPSA) is 47.9 Å². The van der Waals surface area contributed by atoms with Crippen molar-refractivity contribution in [1.82, 2.24) is 0 Å². The Morgan fingerprint density at radius 1 is 1.32 bits per heavy atom. The second-order valence-electron chi connectivity index (χ2n) is 4.59. The van der Waals surface area contributed by atoms with Crippen LogP contribution in [0.15, 0.2) is 24.3 Å². The van der Waals surface area contributed by atoms with E-state index in [0.717, 1.165) is 37.4 Å². The van der Waals surface area contributed by atoms with Crippen LogP contribution in [0, 0.1) is 0 Å². The Hall–Kier alpha value is -1.10. The van der Waals surface area contributed by atoms with Crippen molar-refractivity contribution < 1.29 is 19.3 Å². The van der Waals surface area contributed by atoms with Crippen molar-refractivity contribution in [2.24, 2.45) is 0 Å². The third-order valence-corrected chi connectivity index (χ3v) is 3.26. The monoisotopic (exact) mass is 266 g/mol. The summed E-state index contributed by atoms with van der Waals surface area (Å²) in [6.07, 6.45) is 1.59. The van der Waals surface area contributed by atoms with Crippen LogP contribution in [-0.2, 0) is 9.47 Å². The van der Waals surface area contributed by atoms with Gasteiger partial charge in [0.15, 0.2) is 0 Å². The Bertz CT molecular complexity index is 374. The molecule has 1 fully saturated rings. The van der Waals surface area contributed by atoms with Gasteiger partial charge in [-0.25, -0.2) is 0 Å². The van der Waals surface area contributed by atoms with Gasteiger partial charge in [-0.05, 0) is 25.8 Å². The Morgan fingerprint density at radius 2 is 2.05 bits per heavy atom. The summed E-state index contributed by atoms with van der Waals surface area (Å²) < 4.78 is 16.9. The summed E-state index contributed by atoms with van der Waals surface area (Å²) >= 11 is 0. The molecule has 4 nitrogen and oxygen atoms in total. The van der Waals surface area contributed by atoms with E-state index in [-0.39, 0.29) is 18.8 Å². The maximum absolute atomic E-state index is 9.59. The summed E-state index contributed by atoms with van der Waals surface area (Å²) in [5, 5.41) is 9.59. The largest absolute Gasteiger partial charge is 0.493 e. The first kappa shape index (κ1) is 14.3. The van der Waals surface area contributed by atoms with Gasteiger partial charge in [-0.15, -0.1) is 0 Å². The molecule has 1 aromatic rings. The summed E-state index contributed by atoms with van der Waals surface area (Å²) in [6.45, 7) is 3.98. The van der Waals surface area contributed by atoms with Crippen LogP contribution in [0.4, 0.5) is 0 Å². The van der Waals surface area contributed by atoms with Crippen LogP contribution in [0.1, 0.15) is 31.4 Å². The van der Waals surface area contributed by atoms with E-state index in [0.29, 0.717) is 6.61 Å². The zero-order valence-electron chi connectivity index (χ0n) is 11.4. The van der Waals surface area contributed by atoms with Crippen molar-refractivity contribution in [3.8, 4) is 5.75 Å². The van der Waals surface area contributed by atoms with E-state index in [1.165, 1.54) is 0 Å². The average molecular weight is 266 g/mol. The lowest BCUT2D eigenvalue weighted by Crippen LogP contribution is -2.26. The fourth-order valence-corrected chi connectivity index (χ4v) is 2.29. The number of hydrogen-bond acceptors (Lipinski definition) is 4. The lowest BCUT2D eigenvalue weighted by Gasteiger charge is -2.27. The third-order valence-electron chi connectivity index (χ3n) is 3.26. The molecule has 1 atom stereocenters. The molecule has 1 aliphatic heterocycles. The minimum Gasteiger partial charge on any atom is -0.493 e. The van der Waals surface area contributed by atoms with Gasteiger partial charge >= 0.3 is 0 Å². The van der Waals surface area contributed by atoms with Crippen LogP contribution < -0.4 is 4.74 Å². The minimum atomic E-state index is -0.328. The van der Waals surface area contributed by atoms with Crippen LogP contribution in [0.25, 0.3) is 0 Å². The number of rotatable bonds is 6. The predicted octanol–water partition coefficient (Wildman–Crippen LogP) is 2.31. The Kier molecular flexibility index (Phi) is 5.63. The van der Waals surface area contributed by atoms with Crippen LogP contribution in [-0.4, -0.2) is 37.6 Å². The molecule has 106 valence electrons. The van der Waals surface area contributed by atoms with Gasteiger partial charge in [0.2, 0.25) is 0 Å². The third kappa shape index (κ3) is 3.93. The molecule has 2 rings (SSSR count). The maximum atomic E-state index is 9.59. The highest BCUT2D eigenvalue weighted by Crippen LogP contribution is 2.30. The van der Waals surface area contributed by atoms with Crippen LogP contribution in [0.5, 0.6) is 5.75 Å². The van der Waals surface area contributed by atoms with Gasteiger partial charge < -0.3 is 19.3 Å². The summed E-state index contributed by atoms with van der Waals surface area (Å²) in [5.74, 6) is 0.788. The quantitative estimate of drug-likeness (QED) is 0.858. The van der Waals surface area contributed by atoms with Gasteiger partial charge in [0.25, 0.3) is 0 Å². The normalized spacial score (nSPS) is 18.2. The van der Waals surface area contributed by atoms with E-state index < -0.39 is 0 Å². The van der Waals surface area contributed by atoms with Gasteiger partial charge in [-0.1, -0.05) is 18.2 Å². The van der Waals surface area contributed by atoms with Crippen molar-refractivity contribution in [2.45, 2.75) is 32.0 Å². The zero-order valence-corrected chi connectivity index (χ0v) is 11.4. The summed E-state index contributed by atoms with van der Waals surface area (Å²) in [7, 11) is 0. The molecular formula is C15H22O4. The van der Waals surface area contributed by atoms with Crippen molar-refractivity contribution >= 4 is 0 Å². The highest BCUT2D eigenvalue weighted by atomic mass is 16.5. The Morgan fingerprint density at radius 3 is 2.74 bits per heavy atom. The first-order chi connectivity index (χ1) is 9.35. The van der Waals surface area contributed by atoms with Crippen LogP contribution in [0.3, 0.4) is 0 Å². The first-order valence-corrected chi connectivity index (χ1v) is 6.91. The standard InChI is InChI=1S/C15H22O4/c1-2-18-14-6-4-3-5-13(14)15(11-16)19-12-7-9-17-10-8-12/h3-6,12,15-16H,2,7-11H2,1H3/t15-/m0/s1. The number of aliphatic hydroxyl groups is 1. The number of para-hydroxylation sites is 1.